The molecule has 29 heavy (non-hydrogen) atoms. The Morgan fingerprint density at radius 3 is 2.69 bits per heavy atom. The average Bonchev–Trinajstić information content (AvgIpc) is 3.09. The number of nitrogens with zero attached hydrogens (tertiary/aromatic N) is 3. The lowest BCUT2D eigenvalue weighted by Gasteiger charge is -2.11. The molecule has 0 atom stereocenters. The van der Waals surface area contributed by atoms with Crippen molar-refractivity contribution in [2.45, 2.75) is 39.7 Å². The smallest absolute Gasteiger partial charge is 0.216 e. The summed E-state index contributed by atoms with van der Waals surface area (Å²) in [4.78, 5) is 0. The maximum absolute atomic E-state index is 5.94. The first-order valence-electron chi connectivity index (χ1n) is 9.67. The predicted octanol–water partition coefficient (Wildman–Crippen LogP) is 5.06. The van der Waals surface area contributed by atoms with Crippen molar-refractivity contribution in [3.63, 3.8) is 0 Å². The van der Waals surface area contributed by atoms with Crippen LogP contribution in [0.2, 0.25) is 0 Å². The van der Waals surface area contributed by atoms with Crippen LogP contribution in [0.1, 0.15) is 42.3 Å². The fourth-order valence-electron chi connectivity index (χ4n) is 2.79. The number of rotatable bonds is 9. The van der Waals surface area contributed by atoms with E-state index in [0.29, 0.717) is 22.9 Å². The first-order valence-corrected chi connectivity index (χ1v) is 10.1. The van der Waals surface area contributed by atoms with E-state index in [4.69, 9.17) is 21.7 Å². The van der Waals surface area contributed by atoms with Crippen molar-refractivity contribution < 1.29 is 9.47 Å². The van der Waals surface area contributed by atoms with Crippen molar-refractivity contribution in [1.29, 1.82) is 0 Å². The van der Waals surface area contributed by atoms with Gasteiger partial charge in [-0.2, -0.15) is 14.9 Å². The van der Waals surface area contributed by atoms with Crippen LogP contribution in [0.25, 0.3) is 0 Å². The van der Waals surface area contributed by atoms with E-state index < -0.39 is 0 Å². The van der Waals surface area contributed by atoms with Gasteiger partial charge in [0.05, 0.1) is 13.3 Å². The number of nitrogens with one attached hydrogen (secondary N) is 1. The first kappa shape index (κ1) is 20.8. The molecular weight excluding hydrogens is 384 g/mol. The minimum Gasteiger partial charge on any atom is -0.493 e. The zero-order chi connectivity index (χ0) is 20.6. The van der Waals surface area contributed by atoms with Crippen molar-refractivity contribution in [1.82, 2.24) is 14.9 Å². The molecular formula is C22H26N4O2S. The number of aryl methyl sites for hydroxylation is 2. The number of aromatic amines is 1. The summed E-state index contributed by atoms with van der Waals surface area (Å²) in [6, 6.07) is 14.0. The minimum atomic E-state index is 0.481. The normalized spacial score (nSPS) is 11.1. The van der Waals surface area contributed by atoms with Crippen LogP contribution in [0.5, 0.6) is 11.5 Å². The molecule has 0 unspecified atom stereocenters. The largest absolute Gasteiger partial charge is 0.493 e. The molecule has 0 spiro atoms. The number of H-pyrrole nitrogens is 1. The molecule has 3 rings (SSSR count). The molecule has 0 radical (unpaired) electrons. The van der Waals surface area contributed by atoms with Gasteiger partial charge in [-0.3, -0.25) is 5.10 Å². The molecule has 3 aromatic rings. The van der Waals surface area contributed by atoms with Gasteiger partial charge >= 0.3 is 0 Å². The standard InChI is InChI=1S/C22H26N4O2S/c1-4-5-6-21-24-25-22(29)26(21)23-14-18-11-12-19(20(13-18)27-3)28-15-17-9-7-16(2)8-10-17/h7-14H,4-6,15H2,1-3H3,(H,25,29)/b23-14-. The third-order valence-electron chi connectivity index (χ3n) is 4.50. The van der Waals surface area contributed by atoms with Crippen LogP contribution in [0.15, 0.2) is 47.6 Å². The lowest BCUT2D eigenvalue weighted by atomic mass is 10.2. The quantitative estimate of drug-likeness (QED) is 0.395. The fraction of sp³-hybridized carbons (Fsp3) is 0.318. The monoisotopic (exact) mass is 410 g/mol. The van der Waals surface area contributed by atoms with Crippen molar-refractivity contribution >= 4 is 18.4 Å². The number of methoxy groups -OCH3 is 1. The van der Waals surface area contributed by atoms with Crippen LogP contribution in [0, 0.1) is 11.7 Å². The Balaban J connectivity index is 1.73. The maximum atomic E-state index is 5.94. The summed E-state index contributed by atoms with van der Waals surface area (Å²) in [6.07, 6.45) is 4.70. The predicted molar refractivity (Wildman–Crippen MR) is 118 cm³/mol. The Labute approximate surface area is 176 Å². The van der Waals surface area contributed by atoms with Gasteiger partial charge in [0.1, 0.15) is 6.61 Å². The van der Waals surface area contributed by atoms with Crippen molar-refractivity contribution in [3.8, 4) is 11.5 Å². The first-order chi connectivity index (χ1) is 14.1. The Morgan fingerprint density at radius 1 is 1.17 bits per heavy atom. The van der Waals surface area contributed by atoms with E-state index in [9.17, 15) is 0 Å². The van der Waals surface area contributed by atoms with Gasteiger partial charge in [0.15, 0.2) is 17.3 Å². The van der Waals surface area contributed by atoms with Crippen molar-refractivity contribution in [2.75, 3.05) is 7.11 Å². The van der Waals surface area contributed by atoms with E-state index in [2.05, 4.69) is 53.4 Å². The van der Waals surface area contributed by atoms with Gasteiger partial charge in [0.25, 0.3) is 0 Å². The van der Waals surface area contributed by atoms with E-state index in [1.807, 2.05) is 18.2 Å². The van der Waals surface area contributed by atoms with Gasteiger partial charge in [-0.05, 0) is 54.9 Å². The number of hydrogen-bond donors (Lipinski definition) is 1. The molecule has 7 heteroatoms. The molecule has 0 aliphatic heterocycles. The molecule has 0 aliphatic rings. The van der Waals surface area contributed by atoms with Gasteiger partial charge in [-0.15, -0.1) is 0 Å². The van der Waals surface area contributed by atoms with Crippen molar-refractivity contribution in [3.05, 3.63) is 69.8 Å². The molecule has 0 saturated carbocycles. The molecule has 1 heterocycles. The van der Waals surface area contributed by atoms with Crippen LogP contribution in [-0.2, 0) is 13.0 Å². The highest BCUT2D eigenvalue weighted by Crippen LogP contribution is 2.28. The molecule has 1 aromatic heterocycles. The molecule has 0 bridgehead atoms. The van der Waals surface area contributed by atoms with E-state index >= 15 is 0 Å². The third kappa shape index (κ3) is 5.54. The van der Waals surface area contributed by atoms with Crippen LogP contribution < -0.4 is 9.47 Å². The van der Waals surface area contributed by atoms with E-state index in [1.54, 1.807) is 18.0 Å². The topological polar surface area (TPSA) is 64.4 Å². The Hall–Kier alpha value is -2.93. The van der Waals surface area contributed by atoms with Crippen LogP contribution >= 0.6 is 12.2 Å². The zero-order valence-electron chi connectivity index (χ0n) is 17.0. The SMILES string of the molecule is CCCCc1n[nH]c(=S)n1/N=C\c1ccc(OCc2ccc(C)cc2)c(OC)c1. The average molecular weight is 411 g/mol. The second-order valence-electron chi connectivity index (χ2n) is 6.79. The van der Waals surface area contributed by atoms with Crippen LogP contribution in [-0.4, -0.2) is 28.2 Å². The van der Waals surface area contributed by atoms with Crippen LogP contribution in [0.4, 0.5) is 0 Å². The van der Waals surface area contributed by atoms with Crippen LogP contribution in [0.3, 0.4) is 0 Å². The number of benzene rings is 2. The number of aromatic nitrogens is 3. The summed E-state index contributed by atoms with van der Waals surface area (Å²) in [5.41, 5.74) is 3.22. The van der Waals surface area contributed by atoms with Gasteiger partial charge in [-0.1, -0.05) is 43.2 Å². The number of unbranched alkanes of at least 4 members (excludes halogenated alkanes) is 1. The molecule has 2 aromatic carbocycles. The molecule has 0 saturated heterocycles. The van der Waals surface area contributed by atoms with Crippen molar-refractivity contribution in [2.24, 2.45) is 5.10 Å². The summed E-state index contributed by atoms with van der Waals surface area (Å²) in [5, 5.41) is 11.6. The Kier molecular flexibility index (Phi) is 7.19. The van der Waals surface area contributed by atoms with E-state index in [0.717, 1.165) is 36.2 Å². The molecule has 0 aliphatic carbocycles. The summed E-state index contributed by atoms with van der Waals surface area (Å²) in [5.74, 6) is 2.18. The number of ether oxygens (including phenoxy) is 2. The number of hydrogen-bond acceptors (Lipinski definition) is 5. The zero-order valence-corrected chi connectivity index (χ0v) is 17.8. The highest BCUT2D eigenvalue weighted by Gasteiger charge is 2.07. The Bertz CT molecular complexity index is 1020. The van der Waals surface area contributed by atoms with Gasteiger partial charge in [-0.25, -0.2) is 0 Å². The summed E-state index contributed by atoms with van der Waals surface area (Å²) >= 11 is 5.28. The fourth-order valence-corrected chi connectivity index (χ4v) is 2.99. The second kappa shape index (κ2) is 10.0. The minimum absolute atomic E-state index is 0.481. The third-order valence-corrected chi connectivity index (χ3v) is 4.76. The summed E-state index contributed by atoms with van der Waals surface area (Å²) in [7, 11) is 1.63. The van der Waals surface area contributed by atoms with Gasteiger partial charge < -0.3 is 9.47 Å². The highest BCUT2D eigenvalue weighted by molar-refractivity contribution is 7.71. The lowest BCUT2D eigenvalue weighted by molar-refractivity contribution is 0.284. The molecule has 0 amide bonds. The molecule has 152 valence electrons. The molecule has 6 nitrogen and oxygen atoms in total. The molecule has 0 fully saturated rings. The van der Waals surface area contributed by atoms with E-state index in [1.165, 1.54) is 5.56 Å². The second-order valence-corrected chi connectivity index (χ2v) is 7.18. The van der Waals surface area contributed by atoms with Gasteiger partial charge in [0.2, 0.25) is 4.77 Å². The Morgan fingerprint density at radius 2 is 1.97 bits per heavy atom. The van der Waals surface area contributed by atoms with E-state index in [-0.39, 0.29) is 0 Å². The molecule has 1 N–H and O–H groups in total. The summed E-state index contributed by atoms with van der Waals surface area (Å²) < 4.78 is 13.6. The highest BCUT2D eigenvalue weighted by atomic mass is 32.1. The van der Waals surface area contributed by atoms with Gasteiger partial charge in [0, 0.05) is 6.42 Å². The lowest BCUT2D eigenvalue weighted by Crippen LogP contribution is -2.00. The summed E-state index contributed by atoms with van der Waals surface area (Å²) in [6.45, 7) is 4.69. The maximum Gasteiger partial charge on any atom is 0.216 e.